The number of hydrogen-bond donors (Lipinski definition) is 14. The molecule has 2 aliphatic rings. The van der Waals surface area contributed by atoms with Gasteiger partial charge in [0.25, 0.3) is 0 Å². The Morgan fingerprint density at radius 3 is 0.926 bits per heavy atom. The van der Waals surface area contributed by atoms with Crippen LogP contribution in [0.1, 0.15) is 0 Å². The van der Waals surface area contributed by atoms with E-state index in [1.54, 1.807) is 0 Å². The number of carboxylic acid groups (broad SMARTS) is 3. The SMILES string of the molecule is O=C(O)COP(=O)(O)OC1[C@H](OP(=O)(O)OCC(=O)O)CNC[C@H]1OP(=O)(O)OCC(=O)O.O=P(O)(O)OC1[C@H](OP(=O)(O)O)CNC[C@H]1OP(=O)(O)O. The van der Waals surface area contributed by atoms with E-state index in [0.29, 0.717) is 0 Å². The van der Waals surface area contributed by atoms with Gasteiger partial charge in [-0.25, -0.2) is 41.8 Å². The highest BCUT2D eigenvalue weighted by Gasteiger charge is 2.48. The maximum atomic E-state index is 12.1. The zero-order valence-corrected chi connectivity index (χ0v) is 31.7. The monoisotopic (exact) mass is 920 g/mol. The summed E-state index contributed by atoms with van der Waals surface area (Å²) in [6.45, 7) is -5.40. The van der Waals surface area contributed by atoms with Gasteiger partial charge in [-0.2, -0.15) is 0 Å². The minimum absolute atomic E-state index is 0.295. The van der Waals surface area contributed by atoms with Gasteiger partial charge in [0.05, 0.1) is 0 Å². The highest BCUT2D eigenvalue weighted by Crippen LogP contribution is 2.53. The third kappa shape index (κ3) is 22.7. The molecule has 38 heteroatoms. The molecule has 0 aromatic rings. The Hall–Kier alpha value is -1.01. The first-order valence-corrected chi connectivity index (χ1v) is 22.6. The van der Waals surface area contributed by atoms with E-state index in [-0.39, 0.29) is 13.1 Å². The van der Waals surface area contributed by atoms with Crippen molar-refractivity contribution in [2.24, 2.45) is 0 Å². The number of phosphoric ester groups is 6. The van der Waals surface area contributed by atoms with Gasteiger partial charge in [0.15, 0.2) is 19.8 Å². The molecule has 0 aromatic carbocycles. The Balaban J connectivity index is 0.000000596. The molecule has 318 valence electrons. The van der Waals surface area contributed by atoms with E-state index < -0.39 is 134 Å². The molecular weight excluding hydrogens is 886 g/mol. The number of aliphatic carboxylic acids is 3. The van der Waals surface area contributed by atoms with Crippen LogP contribution in [0.4, 0.5) is 0 Å². The van der Waals surface area contributed by atoms with Gasteiger partial charge < -0.3 is 70.0 Å². The van der Waals surface area contributed by atoms with Crippen LogP contribution in [0.5, 0.6) is 0 Å². The predicted octanol–water partition coefficient (Wildman–Crippen LogP) is -3.63. The predicted molar refractivity (Wildman–Crippen MR) is 161 cm³/mol. The first kappa shape index (κ1) is 51.0. The topological polar surface area (TPSA) is 504 Å². The van der Waals surface area contributed by atoms with Crippen LogP contribution in [0, 0.1) is 0 Å². The standard InChI is InChI=1S/C11H20NO18P3.C5H14NO12P3/c13-8(14)3-25-31(19,20)28-6-1-12-2-7(29-32(21,22)26-4-9(15)16)11(6)30-33(23,24)27-5-10(17)18;7-19(8,9)16-3-1-6-2-4(17-20(10,11)12)5(3)18-21(13,14)15/h6-7,11-12H,1-5H2,(H,13,14)(H,15,16)(H,17,18)(H,19,20)(H,21,22)(H,23,24);3-6H,1-2H2,(H2,7,8,9)(H2,10,11,12)(H2,13,14,15)/t6-,7-;3-,4-/m11/s1. The Kier molecular flexibility index (Phi) is 20.0. The lowest BCUT2D eigenvalue weighted by molar-refractivity contribution is -0.142. The summed E-state index contributed by atoms with van der Waals surface area (Å²) in [7, 11) is -30.8. The van der Waals surface area contributed by atoms with Gasteiger partial charge in [-0.15, -0.1) is 0 Å². The quantitative estimate of drug-likeness (QED) is 0.0494. The van der Waals surface area contributed by atoms with Crippen molar-refractivity contribution < 1.29 is 142 Å². The summed E-state index contributed by atoms with van der Waals surface area (Å²) in [6, 6.07) is 0. The first-order chi connectivity index (χ1) is 24.3. The second-order valence-corrected chi connectivity index (χ2v) is 17.7. The van der Waals surface area contributed by atoms with Crippen LogP contribution in [0.2, 0.25) is 0 Å². The van der Waals surface area contributed by atoms with Crippen LogP contribution in [0.15, 0.2) is 0 Å². The molecule has 0 radical (unpaired) electrons. The number of nitrogens with one attached hydrogen (secondary N) is 2. The summed E-state index contributed by atoms with van der Waals surface area (Å²) in [4.78, 5) is 113. The molecule has 0 spiro atoms. The Bertz CT molecular complexity index is 1490. The van der Waals surface area contributed by atoms with Gasteiger partial charge in [0.1, 0.15) is 36.6 Å². The third-order valence-electron chi connectivity index (χ3n) is 5.50. The molecule has 2 heterocycles. The number of piperidine rings is 2. The molecule has 14 N–H and O–H groups in total. The van der Waals surface area contributed by atoms with Gasteiger partial charge in [-0.05, 0) is 0 Å². The molecule has 2 rings (SSSR count). The molecule has 2 fully saturated rings. The maximum absolute atomic E-state index is 12.1. The second kappa shape index (κ2) is 21.1. The molecule has 0 aromatic heterocycles. The molecule has 0 aliphatic carbocycles. The largest absolute Gasteiger partial charge is 0.480 e. The molecule has 0 saturated carbocycles. The van der Waals surface area contributed by atoms with Gasteiger partial charge in [-0.1, -0.05) is 0 Å². The number of hydrogen-bond acceptors (Lipinski definition) is 20. The lowest BCUT2D eigenvalue weighted by atomic mass is 10.0. The molecule has 2 aliphatic heterocycles. The normalized spacial score (nSPS) is 26.3. The van der Waals surface area contributed by atoms with Gasteiger partial charge in [-0.3, -0.25) is 40.7 Å². The van der Waals surface area contributed by atoms with E-state index in [1.165, 1.54) is 0 Å². The van der Waals surface area contributed by atoms with Crippen LogP contribution < -0.4 is 10.6 Å². The second-order valence-electron chi connectivity index (χ2n) is 9.91. The number of phosphoric acid groups is 6. The highest BCUT2D eigenvalue weighted by atomic mass is 31.2. The lowest BCUT2D eigenvalue weighted by Crippen LogP contribution is -2.55. The summed E-state index contributed by atoms with van der Waals surface area (Å²) in [5, 5.41) is 30.6. The van der Waals surface area contributed by atoms with Crippen molar-refractivity contribution in [1.29, 1.82) is 0 Å². The summed E-state index contributed by atoms with van der Waals surface area (Å²) in [5.74, 6) is -4.98. The smallest absolute Gasteiger partial charge is 0.473 e. The van der Waals surface area contributed by atoms with E-state index in [2.05, 4.69) is 37.8 Å². The van der Waals surface area contributed by atoms with Gasteiger partial charge in [0, 0.05) is 26.2 Å². The van der Waals surface area contributed by atoms with E-state index in [0.717, 1.165) is 0 Å². The van der Waals surface area contributed by atoms with Gasteiger partial charge in [0.2, 0.25) is 0 Å². The fraction of sp³-hybridized carbons (Fsp3) is 0.812. The number of carbonyl (C=O) groups is 3. The summed E-state index contributed by atoms with van der Waals surface area (Å²) < 4.78 is 108. The number of carboxylic acids is 3. The molecule has 7 atom stereocenters. The van der Waals surface area contributed by atoms with E-state index in [1.807, 2.05) is 0 Å². The van der Waals surface area contributed by atoms with Crippen molar-refractivity contribution >= 4 is 64.8 Å². The average molecular weight is 920 g/mol. The molecule has 3 unspecified atom stereocenters. The summed E-state index contributed by atoms with van der Waals surface area (Å²) in [6.07, 6.45) is -10.7. The van der Waals surface area contributed by atoms with E-state index in [9.17, 15) is 56.5 Å². The molecular formula is C16H34N2O30P6. The van der Waals surface area contributed by atoms with Crippen LogP contribution in [-0.4, -0.2) is 160 Å². The first-order valence-electron chi connectivity index (χ1n) is 13.5. The van der Waals surface area contributed by atoms with Crippen molar-refractivity contribution in [1.82, 2.24) is 10.6 Å². The fourth-order valence-electron chi connectivity index (χ4n) is 3.85. The van der Waals surface area contributed by atoms with Crippen molar-refractivity contribution in [3.63, 3.8) is 0 Å². The Labute approximate surface area is 300 Å². The Morgan fingerprint density at radius 1 is 0.426 bits per heavy atom. The van der Waals surface area contributed by atoms with E-state index in [4.69, 9.17) is 58.3 Å². The maximum Gasteiger partial charge on any atom is 0.473 e. The van der Waals surface area contributed by atoms with Crippen LogP contribution >= 0.6 is 46.9 Å². The molecule has 2 saturated heterocycles. The summed E-state index contributed by atoms with van der Waals surface area (Å²) >= 11 is 0. The Morgan fingerprint density at radius 2 is 0.667 bits per heavy atom. The number of rotatable bonds is 21. The van der Waals surface area contributed by atoms with Crippen LogP contribution in [0.3, 0.4) is 0 Å². The minimum atomic E-state index is -5.26. The van der Waals surface area contributed by atoms with Crippen LogP contribution in [0.25, 0.3) is 0 Å². The minimum Gasteiger partial charge on any atom is -0.480 e. The summed E-state index contributed by atoms with van der Waals surface area (Å²) in [5.41, 5.74) is 0. The molecule has 0 amide bonds. The third-order valence-corrected chi connectivity index (χ3v) is 10.1. The van der Waals surface area contributed by atoms with Crippen molar-refractivity contribution in [2.45, 2.75) is 36.6 Å². The van der Waals surface area contributed by atoms with Crippen molar-refractivity contribution in [3.05, 3.63) is 0 Å². The lowest BCUT2D eigenvalue weighted by Gasteiger charge is -2.38. The van der Waals surface area contributed by atoms with Crippen molar-refractivity contribution in [2.75, 3.05) is 46.0 Å². The molecule has 0 bridgehead atoms. The van der Waals surface area contributed by atoms with E-state index >= 15 is 0 Å². The molecule has 54 heavy (non-hydrogen) atoms. The van der Waals surface area contributed by atoms with Crippen LogP contribution in [-0.2, 0) is 82.5 Å². The zero-order chi connectivity index (χ0) is 41.9. The van der Waals surface area contributed by atoms with Gasteiger partial charge >= 0.3 is 64.8 Å². The fourth-order valence-corrected chi connectivity index (χ4v) is 8.19. The zero-order valence-electron chi connectivity index (χ0n) is 26.3. The highest BCUT2D eigenvalue weighted by molar-refractivity contribution is 7.48. The average Bonchev–Trinajstić information content (AvgIpc) is 2.95. The van der Waals surface area contributed by atoms with Crippen molar-refractivity contribution in [3.8, 4) is 0 Å². The molecule has 32 nitrogen and oxygen atoms in total.